The van der Waals surface area contributed by atoms with E-state index in [9.17, 15) is 13.2 Å². The minimum atomic E-state index is -4.47. The molecule has 4 aromatic rings. The first kappa shape index (κ1) is 23.5. The zero-order valence-corrected chi connectivity index (χ0v) is 19.8. The minimum absolute atomic E-state index is 0.0391. The van der Waals surface area contributed by atoms with Crippen LogP contribution in [-0.4, -0.2) is 55.4 Å². The molecule has 1 aliphatic rings. The fourth-order valence-electron chi connectivity index (χ4n) is 4.69. The lowest BCUT2D eigenvalue weighted by Gasteiger charge is -2.31. The molecule has 2 atom stereocenters. The molecule has 0 aliphatic carbocycles. The van der Waals surface area contributed by atoms with Gasteiger partial charge in [-0.05, 0) is 51.0 Å². The van der Waals surface area contributed by atoms with Gasteiger partial charge in [0.25, 0.3) is 0 Å². The lowest BCUT2D eigenvalue weighted by atomic mass is 10.0. The molecule has 0 amide bonds. The number of para-hydroxylation sites is 1. The molecular formula is C25H27F3N6O. The summed E-state index contributed by atoms with van der Waals surface area (Å²) in [6.07, 6.45) is -2.55. The third kappa shape index (κ3) is 4.55. The van der Waals surface area contributed by atoms with Crippen molar-refractivity contribution in [2.45, 2.75) is 51.1 Å². The van der Waals surface area contributed by atoms with Crippen LogP contribution in [0, 0.1) is 0 Å². The van der Waals surface area contributed by atoms with Crippen molar-refractivity contribution in [3.63, 3.8) is 0 Å². The Morgan fingerprint density at radius 1 is 1.09 bits per heavy atom. The Morgan fingerprint density at radius 2 is 1.89 bits per heavy atom. The highest BCUT2D eigenvalue weighted by molar-refractivity contribution is 5.86. The van der Waals surface area contributed by atoms with Crippen LogP contribution in [-0.2, 0) is 0 Å². The van der Waals surface area contributed by atoms with Gasteiger partial charge in [0, 0.05) is 30.2 Å². The van der Waals surface area contributed by atoms with E-state index in [2.05, 4.69) is 10.2 Å². The van der Waals surface area contributed by atoms with E-state index >= 15 is 0 Å². The van der Waals surface area contributed by atoms with Crippen LogP contribution in [0.25, 0.3) is 28.1 Å². The number of fused-ring (bicyclic) bond motifs is 2. The molecule has 0 saturated carbocycles. The summed E-state index contributed by atoms with van der Waals surface area (Å²) >= 11 is 0. The van der Waals surface area contributed by atoms with Gasteiger partial charge in [-0.2, -0.15) is 13.2 Å². The maximum Gasteiger partial charge on any atom is 0.408 e. The average Bonchev–Trinajstić information content (AvgIpc) is 3.35. The molecule has 35 heavy (non-hydrogen) atoms. The lowest BCUT2D eigenvalue weighted by Crippen LogP contribution is -2.43. The Labute approximate surface area is 200 Å². The first-order chi connectivity index (χ1) is 16.5. The first-order valence-electron chi connectivity index (χ1n) is 11.5. The van der Waals surface area contributed by atoms with Gasteiger partial charge in [-0.1, -0.05) is 24.3 Å². The van der Waals surface area contributed by atoms with E-state index in [1.54, 1.807) is 23.5 Å². The van der Waals surface area contributed by atoms with Crippen molar-refractivity contribution in [2.75, 3.05) is 13.1 Å². The van der Waals surface area contributed by atoms with Crippen molar-refractivity contribution in [1.29, 1.82) is 0 Å². The number of aromatic nitrogens is 4. The zero-order valence-electron chi connectivity index (χ0n) is 19.8. The second-order valence-electron chi connectivity index (χ2n) is 9.72. The standard InChI is InChI=1S/C25H27F3N6O/c1-15(2)35-19-6-4-5-16-7-9-18(30-21(16)19)23-32-31-20-10-8-17(13-34(20)23)22(25(26,27)28)33-12-11-24(3,29)14-33/h4-10,13,15,22H,11-12,14,29H2,1-3H3/t22-,24+/m0/s1. The fourth-order valence-corrected chi connectivity index (χ4v) is 4.69. The number of alkyl halides is 3. The highest BCUT2D eigenvalue weighted by atomic mass is 19.4. The van der Waals surface area contributed by atoms with E-state index in [1.165, 1.54) is 17.2 Å². The number of ether oxygens (including phenoxy) is 1. The lowest BCUT2D eigenvalue weighted by molar-refractivity contribution is -0.184. The number of benzene rings is 1. The van der Waals surface area contributed by atoms with Crippen LogP contribution in [0.1, 0.15) is 38.8 Å². The Kier molecular flexibility index (Phi) is 5.68. The predicted octanol–water partition coefficient (Wildman–Crippen LogP) is 4.76. The average molecular weight is 485 g/mol. The largest absolute Gasteiger partial charge is 0.489 e. The number of pyridine rings is 2. The van der Waals surface area contributed by atoms with Crippen molar-refractivity contribution >= 4 is 16.6 Å². The van der Waals surface area contributed by atoms with E-state index in [0.717, 1.165) is 5.39 Å². The second kappa shape index (κ2) is 8.46. The first-order valence-corrected chi connectivity index (χ1v) is 11.5. The normalized spacial score (nSPS) is 20.2. The molecule has 5 rings (SSSR count). The van der Waals surface area contributed by atoms with E-state index in [0.29, 0.717) is 34.9 Å². The van der Waals surface area contributed by atoms with Gasteiger partial charge in [0.05, 0.1) is 6.10 Å². The molecule has 3 aromatic heterocycles. The van der Waals surface area contributed by atoms with Crippen LogP contribution in [0.5, 0.6) is 5.75 Å². The number of halogens is 3. The van der Waals surface area contributed by atoms with Gasteiger partial charge in [0.15, 0.2) is 11.5 Å². The molecular weight excluding hydrogens is 457 g/mol. The Morgan fingerprint density at radius 3 is 2.57 bits per heavy atom. The van der Waals surface area contributed by atoms with Gasteiger partial charge < -0.3 is 10.5 Å². The van der Waals surface area contributed by atoms with Crippen molar-refractivity contribution in [1.82, 2.24) is 24.5 Å². The summed E-state index contributed by atoms with van der Waals surface area (Å²) in [6, 6.07) is 10.6. The smallest absolute Gasteiger partial charge is 0.408 e. The summed E-state index contributed by atoms with van der Waals surface area (Å²) in [5.41, 5.74) is 7.16. The van der Waals surface area contributed by atoms with Crippen molar-refractivity contribution in [2.24, 2.45) is 5.73 Å². The van der Waals surface area contributed by atoms with Crippen LogP contribution in [0.2, 0.25) is 0 Å². The van der Waals surface area contributed by atoms with Crippen LogP contribution < -0.4 is 10.5 Å². The summed E-state index contributed by atoms with van der Waals surface area (Å²) in [5, 5.41) is 9.28. The van der Waals surface area contributed by atoms with Crippen LogP contribution in [0.15, 0.2) is 48.7 Å². The van der Waals surface area contributed by atoms with E-state index < -0.39 is 17.8 Å². The third-order valence-electron chi connectivity index (χ3n) is 6.23. The molecule has 1 fully saturated rings. The number of rotatable bonds is 5. The Hall–Kier alpha value is -3.24. The third-order valence-corrected chi connectivity index (χ3v) is 6.23. The van der Waals surface area contributed by atoms with Crippen molar-refractivity contribution in [3.05, 3.63) is 54.2 Å². The maximum atomic E-state index is 14.2. The van der Waals surface area contributed by atoms with Crippen LogP contribution in [0.3, 0.4) is 0 Å². The molecule has 4 heterocycles. The molecule has 1 aromatic carbocycles. The minimum Gasteiger partial charge on any atom is -0.489 e. The molecule has 1 aliphatic heterocycles. The zero-order chi connectivity index (χ0) is 25.0. The maximum absolute atomic E-state index is 14.2. The van der Waals surface area contributed by atoms with Crippen LogP contribution in [0.4, 0.5) is 13.2 Å². The summed E-state index contributed by atoms with van der Waals surface area (Å²) in [4.78, 5) is 6.14. The number of hydrogen-bond acceptors (Lipinski definition) is 6. The van der Waals surface area contributed by atoms with E-state index in [-0.39, 0.29) is 24.8 Å². The summed E-state index contributed by atoms with van der Waals surface area (Å²) in [7, 11) is 0. The van der Waals surface area contributed by atoms with E-state index in [4.69, 9.17) is 15.5 Å². The summed E-state index contributed by atoms with van der Waals surface area (Å²) in [6.45, 7) is 6.08. The highest BCUT2D eigenvalue weighted by Crippen LogP contribution is 2.41. The number of nitrogens with two attached hydrogens (primary N) is 1. The van der Waals surface area contributed by atoms with E-state index in [1.807, 2.05) is 38.1 Å². The second-order valence-corrected chi connectivity index (χ2v) is 9.72. The SMILES string of the molecule is CC(C)Oc1cccc2ccc(-c3nnc4ccc([C@H](N5CC[C@@](C)(N)C5)C(F)(F)F)cn34)nc12. The molecule has 0 unspecified atom stereocenters. The number of hydrogen-bond donors (Lipinski definition) is 1. The molecule has 1 saturated heterocycles. The molecule has 0 spiro atoms. The predicted molar refractivity (Wildman–Crippen MR) is 127 cm³/mol. The van der Waals surface area contributed by atoms with Gasteiger partial charge in [-0.15, -0.1) is 10.2 Å². The molecule has 7 nitrogen and oxygen atoms in total. The van der Waals surface area contributed by atoms with Gasteiger partial charge in [-0.3, -0.25) is 9.30 Å². The quantitative estimate of drug-likeness (QED) is 0.440. The van der Waals surface area contributed by atoms with Crippen molar-refractivity contribution < 1.29 is 17.9 Å². The summed E-state index contributed by atoms with van der Waals surface area (Å²) in [5.74, 6) is 0.985. The van der Waals surface area contributed by atoms with Gasteiger partial charge in [0.2, 0.25) is 0 Å². The summed E-state index contributed by atoms with van der Waals surface area (Å²) < 4.78 is 50.2. The van der Waals surface area contributed by atoms with Gasteiger partial charge in [0.1, 0.15) is 23.0 Å². The monoisotopic (exact) mass is 484 g/mol. The highest BCUT2D eigenvalue weighted by Gasteiger charge is 2.48. The molecule has 0 bridgehead atoms. The molecule has 184 valence electrons. The van der Waals surface area contributed by atoms with Crippen LogP contribution >= 0.6 is 0 Å². The Bertz CT molecular complexity index is 1380. The van der Waals surface area contributed by atoms with Crippen molar-refractivity contribution in [3.8, 4) is 17.3 Å². The Balaban J connectivity index is 1.60. The molecule has 10 heteroatoms. The number of nitrogens with zero attached hydrogens (tertiary/aromatic N) is 5. The fraction of sp³-hybridized carbons (Fsp3) is 0.400. The number of likely N-dealkylation sites (tertiary alicyclic amines) is 1. The molecule has 0 radical (unpaired) electrons. The van der Waals surface area contributed by atoms with Gasteiger partial charge in [-0.25, -0.2) is 4.98 Å². The molecule has 2 N–H and O–H groups in total. The topological polar surface area (TPSA) is 81.6 Å². The van der Waals surface area contributed by atoms with Gasteiger partial charge >= 0.3 is 6.18 Å².